The Balaban J connectivity index is 1.85. The highest BCUT2D eigenvalue weighted by molar-refractivity contribution is 7.91. The first kappa shape index (κ1) is 16.8. The quantitative estimate of drug-likeness (QED) is 0.868. The normalized spacial score (nSPS) is 19.6. The Kier molecular flexibility index (Phi) is 5.02. The van der Waals surface area contributed by atoms with E-state index in [0.29, 0.717) is 22.4 Å². The number of aromatic nitrogens is 1. The molecule has 1 N–H and O–H groups in total. The molecule has 2 aromatic heterocycles. The fraction of sp³-hybridized carbons (Fsp3) is 0.385. The fourth-order valence-corrected chi connectivity index (χ4v) is 6.28. The Labute approximate surface area is 147 Å². The second kappa shape index (κ2) is 6.86. The van der Waals surface area contributed by atoms with Crippen molar-refractivity contribution >= 4 is 55.3 Å². The molecule has 0 bridgehead atoms. The number of hydrogen-bond donors (Lipinski definition) is 1. The van der Waals surface area contributed by atoms with Gasteiger partial charge in [0.1, 0.15) is 10.3 Å². The van der Waals surface area contributed by atoms with Crippen LogP contribution in [0, 0.1) is 0 Å². The number of nitrogens with one attached hydrogen (secondary N) is 1. The lowest BCUT2D eigenvalue weighted by molar-refractivity contribution is -0.120. The van der Waals surface area contributed by atoms with Crippen molar-refractivity contribution in [3.05, 3.63) is 28.0 Å². The number of amides is 1. The number of nitrogens with zero attached hydrogens (tertiary/aromatic N) is 2. The number of hydrogen-bond acceptors (Lipinski definition) is 6. The smallest absolute Gasteiger partial charge is 0.253 e. The van der Waals surface area contributed by atoms with Crippen LogP contribution in [0.15, 0.2) is 27.9 Å². The minimum absolute atomic E-state index is 0.163. The Morgan fingerprint density at radius 3 is 2.87 bits per heavy atom. The summed E-state index contributed by atoms with van der Waals surface area (Å²) in [5.41, 5.74) is 0. The summed E-state index contributed by atoms with van der Waals surface area (Å²) in [6, 6.07) is 2.30. The van der Waals surface area contributed by atoms with Crippen molar-refractivity contribution in [3.63, 3.8) is 0 Å². The van der Waals surface area contributed by atoms with E-state index < -0.39 is 16.1 Å². The topological polar surface area (TPSA) is 79.4 Å². The van der Waals surface area contributed by atoms with Gasteiger partial charge >= 0.3 is 0 Å². The maximum atomic E-state index is 12.8. The lowest BCUT2D eigenvalue weighted by Crippen LogP contribution is -2.49. The summed E-state index contributed by atoms with van der Waals surface area (Å²) < 4.78 is 27.5. The van der Waals surface area contributed by atoms with Crippen molar-refractivity contribution < 1.29 is 13.2 Å². The summed E-state index contributed by atoms with van der Waals surface area (Å²) in [5.74, 6) is -0.342. The van der Waals surface area contributed by atoms with Crippen molar-refractivity contribution in [1.82, 2.24) is 9.29 Å². The molecule has 2 aromatic rings. The summed E-state index contributed by atoms with van der Waals surface area (Å²) >= 11 is 8.15. The predicted octanol–water partition coefficient (Wildman–Crippen LogP) is 3.04. The lowest BCUT2D eigenvalue weighted by atomic mass is 10.0. The second-order valence-electron chi connectivity index (χ2n) is 5.01. The Hall–Kier alpha value is -1.000. The van der Waals surface area contributed by atoms with Gasteiger partial charge in [-0.05, 0) is 25.0 Å². The second-order valence-corrected chi connectivity index (χ2v) is 9.74. The number of carbonyl (C=O) groups excluding carboxylic acids is 1. The van der Waals surface area contributed by atoms with Crippen LogP contribution in [-0.4, -0.2) is 36.2 Å². The molecular formula is C13H14ClN3O3S3. The van der Waals surface area contributed by atoms with Gasteiger partial charge in [0.05, 0.1) is 4.34 Å². The highest BCUT2D eigenvalue weighted by Gasteiger charge is 2.38. The van der Waals surface area contributed by atoms with Crippen molar-refractivity contribution in [2.24, 2.45) is 0 Å². The van der Waals surface area contributed by atoms with Crippen LogP contribution in [0.5, 0.6) is 0 Å². The lowest BCUT2D eigenvalue weighted by Gasteiger charge is -2.32. The Bertz CT molecular complexity index is 789. The molecule has 0 aliphatic carbocycles. The average molecular weight is 392 g/mol. The molecule has 1 aliphatic heterocycles. The maximum absolute atomic E-state index is 12.8. The number of thiazole rings is 1. The van der Waals surface area contributed by atoms with Gasteiger partial charge in [0.2, 0.25) is 5.91 Å². The van der Waals surface area contributed by atoms with Gasteiger partial charge in [0, 0.05) is 18.1 Å². The molecule has 3 rings (SSSR count). The number of sulfonamides is 1. The van der Waals surface area contributed by atoms with E-state index in [9.17, 15) is 13.2 Å². The fourth-order valence-electron chi connectivity index (χ4n) is 2.48. The van der Waals surface area contributed by atoms with Crippen LogP contribution in [0.3, 0.4) is 0 Å². The highest BCUT2D eigenvalue weighted by atomic mass is 35.5. The molecule has 1 unspecified atom stereocenters. The molecule has 1 fully saturated rings. The third-order valence-corrected chi connectivity index (χ3v) is 7.83. The summed E-state index contributed by atoms with van der Waals surface area (Å²) in [6.45, 7) is 0.327. The number of anilines is 1. The van der Waals surface area contributed by atoms with Gasteiger partial charge in [0.25, 0.3) is 10.0 Å². The molecule has 0 spiro atoms. The molecule has 3 heterocycles. The summed E-state index contributed by atoms with van der Waals surface area (Å²) in [5, 5.41) is 4.91. The number of carbonyl (C=O) groups is 1. The van der Waals surface area contributed by atoms with Crippen LogP contribution in [0.2, 0.25) is 4.34 Å². The van der Waals surface area contributed by atoms with E-state index in [2.05, 4.69) is 10.3 Å². The van der Waals surface area contributed by atoms with E-state index in [4.69, 9.17) is 11.6 Å². The molecule has 1 amide bonds. The van der Waals surface area contributed by atoms with Crippen LogP contribution in [0.25, 0.3) is 0 Å². The van der Waals surface area contributed by atoms with Crippen LogP contribution < -0.4 is 5.32 Å². The number of rotatable bonds is 4. The highest BCUT2D eigenvalue weighted by Crippen LogP contribution is 2.32. The SMILES string of the molecule is O=C(Nc1nccs1)C1CCCCN1S(=O)(=O)c1ccc(Cl)s1. The van der Waals surface area contributed by atoms with E-state index in [-0.39, 0.29) is 10.1 Å². The summed E-state index contributed by atoms with van der Waals surface area (Å²) in [4.78, 5) is 16.5. The number of halogens is 1. The molecular weight excluding hydrogens is 378 g/mol. The molecule has 1 saturated heterocycles. The molecule has 124 valence electrons. The third-order valence-electron chi connectivity index (χ3n) is 3.53. The summed E-state index contributed by atoms with van der Waals surface area (Å²) in [6.07, 6.45) is 3.63. The van der Waals surface area contributed by atoms with E-state index in [1.165, 1.54) is 21.7 Å². The molecule has 6 nitrogen and oxygen atoms in total. The van der Waals surface area contributed by atoms with Crippen molar-refractivity contribution in [3.8, 4) is 0 Å². The van der Waals surface area contributed by atoms with Gasteiger partial charge in [-0.1, -0.05) is 18.0 Å². The molecule has 0 radical (unpaired) electrons. The number of thiophene rings is 1. The van der Waals surface area contributed by atoms with Crippen LogP contribution in [0.1, 0.15) is 19.3 Å². The van der Waals surface area contributed by atoms with Crippen LogP contribution >= 0.6 is 34.3 Å². The number of piperidine rings is 1. The van der Waals surface area contributed by atoms with E-state index >= 15 is 0 Å². The first-order chi connectivity index (χ1) is 11.0. The molecule has 23 heavy (non-hydrogen) atoms. The van der Waals surface area contributed by atoms with Crippen molar-refractivity contribution in [2.75, 3.05) is 11.9 Å². The van der Waals surface area contributed by atoms with E-state index in [1.54, 1.807) is 17.6 Å². The van der Waals surface area contributed by atoms with Crippen LogP contribution in [0.4, 0.5) is 5.13 Å². The van der Waals surface area contributed by atoms with E-state index in [0.717, 1.165) is 24.2 Å². The first-order valence-electron chi connectivity index (χ1n) is 6.96. The molecule has 1 aliphatic rings. The van der Waals surface area contributed by atoms with Gasteiger partial charge in [-0.15, -0.1) is 22.7 Å². The molecule has 0 saturated carbocycles. The molecule has 1 atom stereocenters. The Morgan fingerprint density at radius 1 is 1.39 bits per heavy atom. The van der Waals surface area contributed by atoms with Gasteiger partial charge < -0.3 is 5.32 Å². The maximum Gasteiger partial charge on any atom is 0.253 e. The molecule has 0 aromatic carbocycles. The average Bonchev–Trinajstić information content (AvgIpc) is 3.19. The van der Waals surface area contributed by atoms with Gasteiger partial charge in [-0.25, -0.2) is 13.4 Å². The third kappa shape index (κ3) is 3.58. The molecule has 10 heteroatoms. The Morgan fingerprint density at radius 2 is 2.22 bits per heavy atom. The zero-order valence-electron chi connectivity index (χ0n) is 11.9. The minimum Gasteiger partial charge on any atom is -0.301 e. The van der Waals surface area contributed by atoms with Gasteiger partial charge in [0.15, 0.2) is 5.13 Å². The van der Waals surface area contributed by atoms with Crippen molar-refractivity contribution in [2.45, 2.75) is 29.5 Å². The first-order valence-corrected chi connectivity index (χ1v) is 10.5. The summed E-state index contributed by atoms with van der Waals surface area (Å²) in [7, 11) is -3.72. The van der Waals surface area contributed by atoms with E-state index in [1.807, 2.05) is 0 Å². The standard InChI is InChI=1S/C13H14ClN3O3S3/c14-10-4-5-11(22-10)23(19,20)17-7-2-1-3-9(17)12(18)16-13-15-6-8-21-13/h4-6,8-9H,1-3,7H2,(H,15,16,18). The van der Waals surface area contributed by atoms with Crippen molar-refractivity contribution in [1.29, 1.82) is 0 Å². The predicted molar refractivity (Wildman–Crippen MR) is 91.6 cm³/mol. The monoisotopic (exact) mass is 391 g/mol. The zero-order chi connectivity index (χ0) is 16.4. The largest absolute Gasteiger partial charge is 0.301 e. The zero-order valence-corrected chi connectivity index (χ0v) is 15.1. The minimum atomic E-state index is -3.72. The van der Waals surface area contributed by atoms with Crippen LogP contribution in [-0.2, 0) is 14.8 Å². The van der Waals surface area contributed by atoms with Gasteiger partial charge in [-0.2, -0.15) is 4.31 Å². The van der Waals surface area contributed by atoms with Gasteiger partial charge in [-0.3, -0.25) is 4.79 Å².